The zero-order valence-corrected chi connectivity index (χ0v) is 20.2. The first-order chi connectivity index (χ1) is 15.6. The van der Waals surface area contributed by atoms with Crippen molar-refractivity contribution in [3.63, 3.8) is 0 Å². The van der Waals surface area contributed by atoms with E-state index in [9.17, 15) is 19.5 Å². The fourth-order valence-corrected chi connectivity index (χ4v) is 7.52. The van der Waals surface area contributed by atoms with Crippen LogP contribution in [-0.4, -0.2) is 71.0 Å². The fraction of sp³-hybridized carbons (Fsp3) is 0.435. The molecule has 2 aromatic carbocycles. The molecule has 0 saturated carbocycles. The minimum Gasteiger partial charge on any atom is -0.450 e. The van der Waals surface area contributed by atoms with Gasteiger partial charge in [-0.25, -0.2) is 9.34 Å². The lowest BCUT2D eigenvalue weighted by atomic mass is 10.0. The maximum absolute atomic E-state index is 13.7. The number of carbonyl (C=O) groups excluding carboxylic acids is 1. The van der Waals surface area contributed by atoms with Gasteiger partial charge in [0.15, 0.2) is 0 Å². The highest BCUT2D eigenvalue weighted by Gasteiger charge is 2.51. The lowest BCUT2D eigenvalue weighted by Gasteiger charge is -2.24. The first kappa shape index (κ1) is 23.4. The van der Waals surface area contributed by atoms with Crippen LogP contribution < -0.4 is 4.74 Å². The van der Waals surface area contributed by atoms with Gasteiger partial charge < -0.3 is 9.64 Å². The molecule has 1 amide bonds. The van der Waals surface area contributed by atoms with Gasteiger partial charge in [-0.1, -0.05) is 19.1 Å². The summed E-state index contributed by atoms with van der Waals surface area (Å²) in [5, 5.41) is 11.6. The number of carbonyl (C=O) groups is 1. The van der Waals surface area contributed by atoms with E-state index in [4.69, 9.17) is 4.74 Å². The predicted octanol–water partition coefficient (Wildman–Crippen LogP) is 4.41. The van der Waals surface area contributed by atoms with Crippen molar-refractivity contribution in [2.45, 2.75) is 25.8 Å². The molecule has 0 aromatic heterocycles. The number of nitro benzene ring substituents is 1. The van der Waals surface area contributed by atoms with Crippen LogP contribution in [0.25, 0.3) is 0 Å². The van der Waals surface area contributed by atoms with Crippen LogP contribution in [-0.2, 0) is 4.57 Å². The summed E-state index contributed by atoms with van der Waals surface area (Å²) >= 11 is 0. The Kier molecular flexibility index (Phi) is 6.31. The molecular formula is C23H29N4O5P. The normalized spacial score (nSPS) is 22.2. The molecule has 0 aliphatic carbocycles. The van der Waals surface area contributed by atoms with Crippen molar-refractivity contribution in [3.8, 4) is 11.5 Å². The Labute approximate surface area is 193 Å². The van der Waals surface area contributed by atoms with Crippen molar-refractivity contribution in [3.05, 3.63) is 63.7 Å². The number of benzene rings is 2. The van der Waals surface area contributed by atoms with E-state index in [1.807, 2.05) is 11.6 Å². The molecule has 4 rings (SSSR count). The number of rotatable bonds is 9. The maximum atomic E-state index is 13.7. The summed E-state index contributed by atoms with van der Waals surface area (Å²) in [6.45, 7) is 6.62. The van der Waals surface area contributed by atoms with Crippen molar-refractivity contribution in [2.24, 2.45) is 0 Å². The highest BCUT2D eigenvalue weighted by atomic mass is 31.2. The van der Waals surface area contributed by atoms with E-state index in [1.54, 1.807) is 50.5 Å². The molecule has 10 heteroatoms. The molecule has 0 N–H and O–H groups in total. The largest absolute Gasteiger partial charge is 0.450 e. The van der Waals surface area contributed by atoms with Gasteiger partial charge in [-0.05, 0) is 42.7 Å². The van der Waals surface area contributed by atoms with Crippen molar-refractivity contribution in [1.82, 2.24) is 14.2 Å². The Hall–Kier alpha value is -2.74. The smallest absolute Gasteiger partial charge is 0.311 e. The Morgan fingerprint density at radius 3 is 2.55 bits per heavy atom. The van der Waals surface area contributed by atoms with Crippen LogP contribution >= 0.6 is 7.44 Å². The summed E-state index contributed by atoms with van der Waals surface area (Å²) in [4.78, 5) is 24.9. The van der Waals surface area contributed by atoms with Gasteiger partial charge in [0, 0.05) is 57.6 Å². The molecule has 4 atom stereocenters. The molecule has 2 aliphatic rings. The van der Waals surface area contributed by atoms with Gasteiger partial charge in [-0.15, -0.1) is 0 Å². The zero-order chi connectivity index (χ0) is 23.9. The molecule has 2 aromatic rings. The molecule has 2 heterocycles. The second-order valence-corrected chi connectivity index (χ2v) is 11.8. The third-order valence-corrected chi connectivity index (χ3v) is 9.74. The highest BCUT2D eigenvalue weighted by Crippen LogP contribution is 2.63. The molecule has 2 saturated heterocycles. The van der Waals surface area contributed by atoms with Crippen LogP contribution in [0.2, 0.25) is 0 Å². The Morgan fingerprint density at radius 1 is 1.27 bits per heavy atom. The van der Waals surface area contributed by atoms with E-state index < -0.39 is 12.4 Å². The van der Waals surface area contributed by atoms with Crippen LogP contribution in [0.3, 0.4) is 0 Å². The van der Waals surface area contributed by atoms with Crippen LogP contribution in [0.1, 0.15) is 35.7 Å². The van der Waals surface area contributed by atoms with Gasteiger partial charge in [0.1, 0.15) is 5.75 Å². The van der Waals surface area contributed by atoms with Gasteiger partial charge in [-0.3, -0.25) is 19.5 Å². The molecule has 2 aliphatic heterocycles. The second-order valence-electron chi connectivity index (χ2n) is 8.99. The summed E-state index contributed by atoms with van der Waals surface area (Å²) in [6, 6.07) is 11.7. The summed E-state index contributed by atoms with van der Waals surface area (Å²) in [5.74, 6) is 0.172. The maximum Gasteiger partial charge on any atom is 0.311 e. The Morgan fingerprint density at radius 2 is 1.97 bits per heavy atom. The second kappa shape index (κ2) is 8.89. The van der Waals surface area contributed by atoms with E-state index in [1.165, 1.54) is 11.0 Å². The average Bonchev–Trinajstić information content (AvgIpc) is 3.69. The van der Waals surface area contributed by atoms with E-state index >= 15 is 0 Å². The number of hydrogen-bond acceptors (Lipinski definition) is 5. The molecular weight excluding hydrogens is 443 g/mol. The minimum absolute atomic E-state index is 0.0750. The number of nitro groups is 1. The number of nitrogens with zero attached hydrogens (tertiary/aromatic N) is 4. The lowest BCUT2D eigenvalue weighted by molar-refractivity contribution is -0.385. The predicted molar refractivity (Wildman–Crippen MR) is 126 cm³/mol. The summed E-state index contributed by atoms with van der Waals surface area (Å²) in [6.07, 6.45) is 0.488. The molecule has 176 valence electrons. The monoisotopic (exact) mass is 472 g/mol. The van der Waals surface area contributed by atoms with Crippen molar-refractivity contribution in [1.29, 1.82) is 0 Å². The van der Waals surface area contributed by atoms with Crippen LogP contribution in [0.15, 0.2) is 42.5 Å². The SMILES string of the molecule is CC(CP(=O)(N1CC1)N1CC1C)c1ccc([N+](=O)[O-])c(Oc2cccc(C(=O)N(C)C)c2)c1. The highest BCUT2D eigenvalue weighted by molar-refractivity contribution is 7.59. The quantitative estimate of drug-likeness (QED) is 0.231. The van der Waals surface area contributed by atoms with E-state index in [-0.39, 0.29) is 23.3 Å². The van der Waals surface area contributed by atoms with E-state index in [2.05, 4.69) is 11.6 Å². The van der Waals surface area contributed by atoms with Crippen LogP contribution in [0, 0.1) is 10.1 Å². The topological polar surface area (TPSA) is 95.8 Å². The molecule has 2 fully saturated rings. The Bertz CT molecular complexity index is 1130. The molecule has 9 nitrogen and oxygen atoms in total. The molecule has 0 radical (unpaired) electrons. The molecule has 0 spiro atoms. The molecule has 33 heavy (non-hydrogen) atoms. The first-order valence-corrected chi connectivity index (χ1v) is 12.8. The summed E-state index contributed by atoms with van der Waals surface area (Å²) < 4.78 is 23.7. The molecule has 4 unspecified atom stereocenters. The lowest BCUT2D eigenvalue weighted by Crippen LogP contribution is -2.21. The third-order valence-electron chi connectivity index (χ3n) is 6.07. The van der Waals surface area contributed by atoms with Gasteiger partial charge in [0.25, 0.3) is 5.91 Å². The number of amides is 1. The fourth-order valence-electron chi connectivity index (χ4n) is 4.01. The summed E-state index contributed by atoms with van der Waals surface area (Å²) in [5.41, 5.74) is 1.09. The molecule has 0 bridgehead atoms. The van der Waals surface area contributed by atoms with E-state index in [0.29, 0.717) is 23.5 Å². The standard InChI is InChI=1S/C23H29N4O5P/c1-16(15-33(31,25-10-11-25)26-14-17(26)2)18-8-9-21(27(29)30)22(13-18)32-20-7-5-6-19(12-20)23(28)24(3)4/h5-9,12-13,16-17H,10-11,14-15H2,1-4H3. The van der Waals surface area contributed by atoms with Crippen LogP contribution in [0.4, 0.5) is 5.69 Å². The van der Waals surface area contributed by atoms with Crippen molar-refractivity contribution >= 4 is 19.0 Å². The van der Waals surface area contributed by atoms with Crippen molar-refractivity contribution in [2.75, 3.05) is 39.9 Å². The van der Waals surface area contributed by atoms with E-state index in [0.717, 1.165) is 25.2 Å². The number of hydrogen-bond donors (Lipinski definition) is 0. The van der Waals surface area contributed by atoms with Crippen LogP contribution in [0.5, 0.6) is 11.5 Å². The summed E-state index contributed by atoms with van der Waals surface area (Å²) in [7, 11) is 0.700. The minimum atomic E-state index is -2.61. The zero-order valence-electron chi connectivity index (χ0n) is 19.3. The first-order valence-electron chi connectivity index (χ1n) is 11.0. The van der Waals surface area contributed by atoms with Gasteiger partial charge in [-0.2, -0.15) is 0 Å². The Balaban J connectivity index is 1.60. The number of ether oxygens (including phenoxy) is 1. The van der Waals surface area contributed by atoms with Gasteiger partial charge in [0.05, 0.1) is 4.92 Å². The average molecular weight is 472 g/mol. The third kappa shape index (κ3) is 4.95. The van der Waals surface area contributed by atoms with Gasteiger partial charge >= 0.3 is 5.69 Å². The van der Waals surface area contributed by atoms with Gasteiger partial charge in [0.2, 0.25) is 13.2 Å². The van der Waals surface area contributed by atoms with Crippen molar-refractivity contribution < 1.29 is 19.0 Å².